The highest BCUT2D eigenvalue weighted by Crippen LogP contribution is 2.34. The molecule has 2 rings (SSSR count). The van der Waals surface area contributed by atoms with Gasteiger partial charge < -0.3 is 5.32 Å². The van der Waals surface area contributed by atoms with E-state index in [1.54, 1.807) is 6.07 Å². The summed E-state index contributed by atoms with van der Waals surface area (Å²) in [6.07, 6.45) is -2.36. The zero-order chi connectivity index (χ0) is 13.2. The van der Waals surface area contributed by atoms with Gasteiger partial charge in [-0.15, -0.1) is 11.3 Å². The van der Waals surface area contributed by atoms with E-state index in [0.29, 0.717) is 4.70 Å². The van der Waals surface area contributed by atoms with E-state index in [0.717, 1.165) is 35.7 Å². The van der Waals surface area contributed by atoms with Crippen molar-refractivity contribution in [2.24, 2.45) is 0 Å². The van der Waals surface area contributed by atoms with Gasteiger partial charge in [0, 0.05) is 9.58 Å². The fourth-order valence-electron chi connectivity index (χ4n) is 1.83. The second-order valence-corrected chi connectivity index (χ2v) is 5.34. The highest BCUT2D eigenvalue weighted by atomic mass is 32.1. The number of hydrogen-bond acceptors (Lipinski definition) is 2. The Morgan fingerprint density at radius 2 is 2.00 bits per heavy atom. The van der Waals surface area contributed by atoms with Crippen LogP contribution in [0.25, 0.3) is 10.1 Å². The second kappa shape index (κ2) is 5.28. The minimum Gasteiger partial charge on any atom is -0.320 e. The van der Waals surface area contributed by atoms with Crippen LogP contribution < -0.4 is 5.32 Å². The maximum atomic E-state index is 12.6. The maximum Gasteiger partial charge on any atom is 0.416 e. The molecule has 5 heteroatoms. The molecule has 0 unspecified atom stereocenters. The lowest BCUT2D eigenvalue weighted by Crippen LogP contribution is -2.07. The Hall–Kier alpha value is -1.07. The summed E-state index contributed by atoms with van der Waals surface area (Å²) in [6.45, 7) is 0.919. The zero-order valence-corrected chi connectivity index (χ0v) is 10.8. The van der Waals surface area contributed by atoms with Gasteiger partial charge >= 0.3 is 6.18 Å². The predicted octanol–water partition coefficient (Wildman–Crippen LogP) is 4.07. The third-order valence-electron chi connectivity index (χ3n) is 2.75. The smallest absolute Gasteiger partial charge is 0.320 e. The van der Waals surface area contributed by atoms with Crippen molar-refractivity contribution in [3.8, 4) is 0 Å². The van der Waals surface area contributed by atoms with Gasteiger partial charge in [-0.3, -0.25) is 0 Å². The molecule has 0 saturated heterocycles. The molecule has 0 amide bonds. The monoisotopic (exact) mass is 273 g/mol. The minimum atomic E-state index is -4.26. The van der Waals surface area contributed by atoms with Crippen LogP contribution in [0.1, 0.15) is 16.9 Å². The van der Waals surface area contributed by atoms with Crippen LogP contribution in [0, 0.1) is 0 Å². The maximum absolute atomic E-state index is 12.6. The quantitative estimate of drug-likeness (QED) is 0.828. The van der Waals surface area contributed by atoms with Gasteiger partial charge in [-0.2, -0.15) is 13.2 Å². The van der Waals surface area contributed by atoms with E-state index in [9.17, 15) is 13.2 Å². The third kappa shape index (κ3) is 3.03. The normalized spacial score (nSPS) is 12.2. The molecule has 0 aliphatic carbocycles. The molecule has 1 aromatic carbocycles. The van der Waals surface area contributed by atoms with Gasteiger partial charge in [0.05, 0.1) is 5.56 Å². The van der Waals surface area contributed by atoms with Crippen LogP contribution in [0.5, 0.6) is 0 Å². The van der Waals surface area contributed by atoms with Crippen molar-refractivity contribution >= 4 is 21.4 Å². The first-order valence-electron chi connectivity index (χ1n) is 5.75. The number of nitrogens with one attached hydrogen (secondary N) is 1. The van der Waals surface area contributed by atoms with Crippen molar-refractivity contribution in [3.63, 3.8) is 0 Å². The highest BCUT2D eigenvalue weighted by molar-refractivity contribution is 7.19. The molecule has 1 nitrogen and oxygen atoms in total. The van der Waals surface area contributed by atoms with Gasteiger partial charge in [-0.25, -0.2) is 0 Å². The van der Waals surface area contributed by atoms with Crippen molar-refractivity contribution < 1.29 is 13.2 Å². The van der Waals surface area contributed by atoms with E-state index < -0.39 is 11.7 Å². The number of benzene rings is 1. The highest BCUT2D eigenvalue weighted by Gasteiger charge is 2.30. The number of halogens is 3. The number of rotatable bonds is 4. The first-order chi connectivity index (χ1) is 8.50. The summed E-state index contributed by atoms with van der Waals surface area (Å²) in [5.74, 6) is 0. The Morgan fingerprint density at radius 1 is 1.22 bits per heavy atom. The third-order valence-corrected chi connectivity index (χ3v) is 3.91. The molecule has 0 radical (unpaired) electrons. The lowest BCUT2D eigenvalue weighted by Gasteiger charge is -2.05. The molecule has 0 fully saturated rings. The molecule has 1 aromatic heterocycles. The molecular weight excluding hydrogens is 259 g/mol. The number of thiophene rings is 1. The summed E-state index contributed by atoms with van der Waals surface area (Å²) < 4.78 is 38.4. The zero-order valence-electron chi connectivity index (χ0n) is 9.97. The first-order valence-corrected chi connectivity index (χ1v) is 6.56. The van der Waals surface area contributed by atoms with E-state index in [1.807, 2.05) is 13.1 Å². The molecule has 0 spiro atoms. The SMILES string of the molecule is CNCCCc1cc2ccc(C(F)(F)F)cc2s1. The number of alkyl halides is 3. The van der Waals surface area contributed by atoms with Gasteiger partial charge in [0.25, 0.3) is 0 Å². The predicted molar refractivity (Wildman–Crippen MR) is 69.1 cm³/mol. The van der Waals surface area contributed by atoms with E-state index in [2.05, 4.69) is 5.32 Å². The number of fused-ring (bicyclic) bond motifs is 1. The van der Waals surface area contributed by atoms with E-state index in [4.69, 9.17) is 0 Å². The van der Waals surface area contributed by atoms with Crippen LogP contribution in [0.15, 0.2) is 24.3 Å². The molecule has 0 aliphatic rings. The Kier molecular flexibility index (Phi) is 3.92. The van der Waals surface area contributed by atoms with Crippen LogP contribution in [0.4, 0.5) is 13.2 Å². The summed E-state index contributed by atoms with van der Waals surface area (Å²) in [5.41, 5.74) is -0.571. The summed E-state index contributed by atoms with van der Waals surface area (Å²) in [4.78, 5) is 1.14. The van der Waals surface area contributed by atoms with Crippen molar-refractivity contribution in [2.45, 2.75) is 19.0 Å². The van der Waals surface area contributed by atoms with Crippen LogP contribution in [0.2, 0.25) is 0 Å². The number of aryl methyl sites for hydroxylation is 1. The Morgan fingerprint density at radius 3 is 2.67 bits per heavy atom. The summed E-state index contributed by atoms with van der Waals surface area (Å²) in [7, 11) is 1.89. The lowest BCUT2D eigenvalue weighted by atomic mass is 10.1. The topological polar surface area (TPSA) is 12.0 Å². The molecule has 2 aromatic rings. The van der Waals surface area contributed by atoms with Gasteiger partial charge in [0.1, 0.15) is 0 Å². The van der Waals surface area contributed by atoms with Crippen LogP contribution in [-0.4, -0.2) is 13.6 Å². The second-order valence-electron chi connectivity index (χ2n) is 4.17. The Balaban J connectivity index is 2.23. The van der Waals surface area contributed by atoms with Gasteiger partial charge in [-0.1, -0.05) is 6.07 Å². The van der Waals surface area contributed by atoms with E-state index in [1.165, 1.54) is 17.4 Å². The molecule has 1 N–H and O–H groups in total. The molecule has 0 atom stereocenters. The Bertz CT molecular complexity index is 531. The van der Waals surface area contributed by atoms with Crippen molar-refractivity contribution in [1.29, 1.82) is 0 Å². The average molecular weight is 273 g/mol. The van der Waals surface area contributed by atoms with Gasteiger partial charge in [0.2, 0.25) is 0 Å². The van der Waals surface area contributed by atoms with Gasteiger partial charge in [-0.05, 0) is 50.0 Å². The first kappa shape index (κ1) is 13.4. The van der Waals surface area contributed by atoms with Crippen molar-refractivity contribution in [3.05, 3.63) is 34.7 Å². The molecule has 0 bridgehead atoms. The average Bonchev–Trinajstić information content (AvgIpc) is 2.69. The van der Waals surface area contributed by atoms with E-state index >= 15 is 0 Å². The molecule has 18 heavy (non-hydrogen) atoms. The lowest BCUT2D eigenvalue weighted by molar-refractivity contribution is -0.137. The standard InChI is InChI=1S/C13H14F3NS/c1-17-6-2-3-11-7-9-4-5-10(13(14,15)16)8-12(9)18-11/h4-5,7-8,17H,2-3,6H2,1H3. The molecular formula is C13H14F3NS. The summed E-state index contributed by atoms with van der Waals surface area (Å²) >= 11 is 1.45. The largest absolute Gasteiger partial charge is 0.416 e. The minimum absolute atomic E-state index is 0.571. The summed E-state index contributed by atoms with van der Waals surface area (Å²) in [5, 5.41) is 3.95. The summed E-state index contributed by atoms with van der Waals surface area (Å²) in [6, 6.07) is 5.92. The molecule has 98 valence electrons. The van der Waals surface area contributed by atoms with Crippen molar-refractivity contribution in [2.75, 3.05) is 13.6 Å². The van der Waals surface area contributed by atoms with Crippen LogP contribution in [0.3, 0.4) is 0 Å². The fraction of sp³-hybridized carbons (Fsp3) is 0.385. The van der Waals surface area contributed by atoms with Crippen LogP contribution in [-0.2, 0) is 12.6 Å². The van der Waals surface area contributed by atoms with E-state index in [-0.39, 0.29) is 0 Å². The number of hydrogen-bond donors (Lipinski definition) is 1. The molecule has 1 heterocycles. The van der Waals surface area contributed by atoms with Crippen molar-refractivity contribution in [1.82, 2.24) is 5.32 Å². The molecule has 0 aliphatic heterocycles. The molecule has 0 saturated carbocycles. The van der Waals surface area contributed by atoms with Crippen LogP contribution >= 0.6 is 11.3 Å². The fourth-order valence-corrected chi connectivity index (χ4v) is 2.97. The van der Waals surface area contributed by atoms with Gasteiger partial charge in [0.15, 0.2) is 0 Å². The Labute approximate surface area is 108 Å².